The van der Waals surface area contributed by atoms with Gasteiger partial charge < -0.3 is 10.6 Å². The number of hydrogen-bond acceptors (Lipinski definition) is 3. The zero-order valence-electron chi connectivity index (χ0n) is 13.9. The summed E-state index contributed by atoms with van der Waals surface area (Å²) in [4.78, 5) is 2.54. The molecule has 2 N–H and O–H groups in total. The van der Waals surface area contributed by atoms with Gasteiger partial charge in [-0.3, -0.25) is 4.68 Å². The van der Waals surface area contributed by atoms with Gasteiger partial charge >= 0.3 is 0 Å². The molecule has 0 bridgehead atoms. The molecule has 2 aromatic rings. The Morgan fingerprint density at radius 3 is 2.83 bits per heavy atom. The lowest BCUT2D eigenvalue weighted by molar-refractivity contribution is 0.301. The van der Waals surface area contributed by atoms with Crippen LogP contribution in [0.3, 0.4) is 0 Å². The molecule has 4 rings (SSSR count). The van der Waals surface area contributed by atoms with Crippen molar-refractivity contribution in [1.82, 2.24) is 14.7 Å². The fourth-order valence-corrected chi connectivity index (χ4v) is 3.51. The number of benzene rings is 1. The topological polar surface area (TPSA) is 47.1 Å². The molecular formula is C19H24N4. The summed E-state index contributed by atoms with van der Waals surface area (Å²) in [7, 11) is 1.97. The van der Waals surface area contributed by atoms with Gasteiger partial charge in [0.1, 0.15) is 0 Å². The van der Waals surface area contributed by atoms with Crippen LogP contribution in [0.5, 0.6) is 0 Å². The molecular weight excluding hydrogens is 284 g/mol. The van der Waals surface area contributed by atoms with Crippen LogP contribution in [0, 0.1) is 0 Å². The molecule has 1 aromatic carbocycles. The van der Waals surface area contributed by atoms with Crippen molar-refractivity contribution >= 4 is 6.08 Å². The van der Waals surface area contributed by atoms with Crippen molar-refractivity contribution in [2.24, 2.45) is 12.8 Å². The SMILES string of the molecule is CC[C@H](N)C1=Cc2cccc(-c3cnn(C)c3)c2CN1C1CC1. The molecule has 0 amide bonds. The van der Waals surface area contributed by atoms with E-state index in [2.05, 4.69) is 47.4 Å². The summed E-state index contributed by atoms with van der Waals surface area (Å²) in [5, 5.41) is 4.33. The van der Waals surface area contributed by atoms with Gasteiger partial charge in [0.05, 0.1) is 6.20 Å². The Labute approximate surface area is 137 Å². The van der Waals surface area contributed by atoms with E-state index in [4.69, 9.17) is 5.73 Å². The second kappa shape index (κ2) is 5.53. The highest BCUT2D eigenvalue weighted by atomic mass is 15.2. The zero-order chi connectivity index (χ0) is 16.0. The summed E-state index contributed by atoms with van der Waals surface area (Å²) >= 11 is 0. The van der Waals surface area contributed by atoms with Gasteiger partial charge in [-0.15, -0.1) is 0 Å². The van der Waals surface area contributed by atoms with Crippen LogP contribution in [0.1, 0.15) is 37.3 Å². The molecule has 1 fully saturated rings. The molecule has 1 saturated carbocycles. The second-order valence-corrected chi connectivity index (χ2v) is 6.72. The first-order valence-corrected chi connectivity index (χ1v) is 8.52. The third kappa shape index (κ3) is 2.57. The first kappa shape index (κ1) is 14.5. The number of hydrogen-bond donors (Lipinski definition) is 1. The summed E-state index contributed by atoms with van der Waals surface area (Å²) in [6, 6.07) is 7.36. The Morgan fingerprint density at radius 1 is 1.35 bits per heavy atom. The first-order chi connectivity index (χ1) is 11.2. The van der Waals surface area contributed by atoms with Crippen LogP contribution in [0.2, 0.25) is 0 Å². The standard InChI is InChI=1S/C19H24N4/c1-3-18(20)19-9-13-5-4-6-16(14-10-21-22(2)11-14)17(13)12-23(19)15-7-8-15/h4-6,9-11,15,18H,3,7-8,12,20H2,1-2H3/t18-/m0/s1. The maximum absolute atomic E-state index is 6.39. The minimum atomic E-state index is 0.130. The van der Waals surface area contributed by atoms with Crippen LogP contribution in [0.15, 0.2) is 36.3 Å². The molecule has 120 valence electrons. The monoisotopic (exact) mass is 308 g/mol. The molecule has 0 saturated heterocycles. The van der Waals surface area contributed by atoms with Crippen molar-refractivity contribution in [2.45, 2.75) is 44.8 Å². The maximum Gasteiger partial charge on any atom is 0.0568 e. The molecule has 0 radical (unpaired) electrons. The largest absolute Gasteiger partial charge is 0.366 e. The molecule has 4 nitrogen and oxygen atoms in total. The third-order valence-corrected chi connectivity index (χ3v) is 5.00. The zero-order valence-corrected chi connectivity index (χ0v) is 13.9. The Bertz CT molecular complexity index is 754. The van der Waals surface area contributed by atoms with E-state index in [-0.39, 0.29) is 6.04 Å². The normalized spacial score (nSPS) is 18.6. The minimum Gasteiger partial charge on any atom is -0.366 e. The number of rotatable bonds is 4. The van der Waals surface area contributed by atoms with Crippen molar-refractivity contribution in [1.29, 1.82) is 0 Å². The minimum absolute atomic E-state index is 0.130. The van der Waals surface area contributed by atoms with Gasteiger partial charge in [-0.2, -0.15) is 5.10 Å². The Morgan fingerprint density at radius 2 is 2.17 bits per heavy atom. The van der Waals surface area contributed by atoms with Crippen LogP contribution < -0.4 is 5.73 Å². The van der Waals surface area contributed by atoms with Crippen molar-refractivity contribution in [3.63, 3.8) is 0 Å². The van der Waals surface area contributed by atoms with E-state index in [9.17, 15) is 0 Å². The van der Waals surface area contributed by atoms with Crippen LogP contribution in [-0.4, -0.2) is 26.8 Å². The van der Waals surface area contributed by atoms with Crippen LogP contribution in [-0.2, 0) is 13.6 Å². The summed E-state index contributed by atoms with van der Waals surface area (Å²) in [5.74, 6) is 0. The molecule has 1 aliphatic heterocycles. The van der Waals surface area contributed by atoms with E-state index in [1.807, 2.05) is 17.9 Å². The quantitative estimate of drug-likeness (QED) is 0.944. The van der Waals surface area contributed by atoms with Gasteiger partial charge in [-0.1, -0.05) is 25.1 Å². The molecule has 1 aliphatic carbocycles. The smallest absolute Gasteiger partial charge is 0.0568 e. The van der Waals surface area contributed by atoms with Crippen molar-refractivity contribution in [2.75, 3.05) is 0 Å². The van der Waals surface area contributed by atoms with Crippen molar-refractivity contribution < 1.29 is 0 Å². The molecule has 0 unspecified atom stereocenters. The third-order valence-electron chi connectivity index (χ3n) is 5.00. The fourth-order valence-electron chi connectivity index (χ4n) is 3.51. The van der Waals surface area contributed by atoms with Crippen molar-refractivity contribution in [3.8, 4) is 11.1 Å². The molecule has 0 spiro atoms. The number of nitrogens with two attached hydrogens (primary N) is 1. The molecule has 23 heavy (non-hydrogen) atoms. The van der Waals surface area contributed by atoms with Gasteiger partial charge in [0.15, 0.2) is 0 Å². The highest BCUT2D eigenvalue weighted by molar-refractivity contribution is 5.74. The van der Waals surface area contributed by atoms with E-state index >= 15 is 0 Å². The summed E-state index contributed by atoms with van der Waals surface area (Å²) < 4.78 is 1.87. The van der Waals surface area contributed by atoms with E-state index in [1.165, 1.54) is 40.8 Å². The average molecular weight is 308 g/mol. The van der Waals surface area contributed by atoms with Crippen LogP contribution in [0.25, 0.3) is 17.2 Å². The molecule has 2 heterocycles. The summed E-state index contributed by atoms with van der Waals surface area (Å²) in [5.41, 5.74) is 12.9. The number of fused-ring (bicyclic) bond motifs is 1. The summed E-state index contributed by atoms with van der Waals surface area (Å²) in [6.07, 6.45) is 9.91. The number of nitrogens with zero attached hydrogens (tertiary/aromatic N) is 3. The van der Waals surface area contributed by atoms with Gasteiger partial charge in [0, 0.05) is 43.1 Å². The van der Waals surface area contributed by atoms with Crippen molar-refractivity contribution in [3.05, 3.63) is 47.4 Å². The van der Waals surface area contributed by atoms with Gasteiger partial charge in [0.2, 0.25) is 0 Å². The van der Waals surface area contributed by atoms with E-state index in [0.29, 0.717) is 6.04 Å². The predicted molar refractivity (Wildman–Crippen MR) is 93.5 cm³/mol. The predicted octanol–water partition coefficient (Wildman–Crippen LogP) is 3.14. The highest BCUT2D eigenvalue weighted by Crippen LogP contribution is 2.39. The fraction of sp³-hybridized carbons (Fsp3) is 0.421. The lowest BCUT2D eigenvalue weighted by Gasteiger charge is -2.35. The van der Waals surface area contributed by atoms with Gasteiger partial charge in [-0.25, -0.2) is 0 Å². The molecule has 1 aromatic heterocycles. The number of aromatic nitrogens is 2. The van der Waals surface area contributed by atoms with Gasteiger partial charge in [-0.05, 0) is 42.0 Å². The lowest BCUT2D eigenvalue weighted by atomic mass is 9.91. The second-order valence-electron chi connectivity index (χ2n) is 6.72. The van der Waals surface area contributed by atoms with Crippen LogP contribution in [0.4, 0.5) is 0 Å². The Hall–Kier alpha value is -2.07. The lowest BCUT2D eigenvalue weighted by Crippen LogP contribution is -2.37. The maximum atomic E-state index is 6.39. The Balaban J connectivity index is 1.81. The summed E-state index contributed by atoms with van der Waals surface area (Å²) in [6.45, 7) is 3.13. The van der Waals surface area contributed by atoms with Crippen LogP contribution >= 0.6 is 0 Å². The highest BCUT2D eigenvalue weighted by Gasteiger charge is 2.34. The Kier molecular flexibility index (Phi) is 3.49. The molecule has 2 aliphatic rings. The average Bonchev–Trinajstić information content (AvgIpc) is 3.33. The van der Waals surface area contributed by atoms with E-state index < -0.39 is 0 Å². The number of aryl methyl sites for hydroxylation is 1. The molecule has 4 heteroatoms. The molecule has 1 atom stereocenters. The van der Waals surface area contributed by atoms with Gasteiger partial charge in [0.25, 0.3) is 0 Å². The first-order valence-electron chi connectivity index (χ1n) is 8.52. The van der Waals surface area contributed by atoms with E-state index in [1.54, 1.807) is 0 Å². The van der Waals surface area contributed by atoms with E-state index in [0.717, 1.165) is 13.0 Å².